The molecule has 2 aromatic rings. The van der Waals surface area contributed by atoms with Crippen LogP contribution in [0.15, 0.2) is 47.8 Å². The normalized spacial score (nSPS) is 22.2. The molecule has 1 aromatic heterocycles. The third-order valence-corrected chi connectivity index (χ3v) is 4.16. The molecule has 0 spiro atoms. The van der Waals surface area contributed by atoms with Crippen LogP contribution in [0.1, 0.15) is 30.5 Å². The Labute approximate surface area is 123 Å². The quantitative estimate of drug-likeness (QED) is 0.849. The summed E-state index contributed by atoms with van der Waals surface area (Å²) in [5.41, 5.74) is 0.980. The Morgan fingerprint density at radius 2 is 2.05 bits per heavy atom. The van der Waals surface area contributed by atoms with Gasteiger partial charge >= 0.3 is 0 Å². The van der Waals surface area contributed by atoms with E-state index in [0.717, 1.165) is 6.54 Å². The van der Waals surface area contributed by atoms with Crippen LogP contribution < -0.4 is 0 Å². The van der Waals surface area contributed by atoms with Crippen LogP contribution in [0.2, 0.25) is 0 Å². The average Bonchev–Trinajstić information content (AvgIpc) is 3.05. The van der Waals surface area contributed by atoms with Gasteiger partial charge in [-0.25, -0.2) is 0 Å². The SMILES string of the molecule is CC1(C)CN(OCc2ccccc2)C(c2cccs2)O1. The summed E-state index contributed by atoms with van der Waals surface area (Å²) in [6, 6.07) is 14.4. The summed E-state index contributed by atoms with van der Waals surface area (Å²) in [7, 11) is 0. The zero-order valence-corrected chi connectivity index (χ0v) is 12.6. The molecular weight excluding hydrogens is 270 g/mol. The van der Waals surface area contributed by atoms with Crippen molar-refractivity contribution in [2.75, 3.05) is 6.54 Å². The molecule has 0 radical (unpaired) electrons. The van der Waals surface area contributed by atoms with Gasteiger partial charge in [0.1, 0.15) is 0 Å². The lowest BCUT2D eigenvalue weighted by Crippen LogP contribution is -2.28. The average molecular weight is 289 g/mol. The van der Waals surface area contributed by atoms with Crippen LogP contribution in [-0.4, -0.2) is 17.2 Å². The summed E-state index contributed by atoms with van der Waals surface area (Å²) in [4.78, 5) is 7.16. The summed E-state index contributed by atoms with van der Waals surface area (Å²) in [6.45, 7) is 5.53. The molecule has 1 fully saturated rings. The van der Waals surface area contributed by atoms with E-state index in [1.807, 2.05) is 29.3 Å². The van der Waals surface area contributed by atoms with Crippen molar-refractivity contribution in [1.29, 1.82) is 0 Å². The molecule has 20 heavy (non-hydrogen) atoms. The maximum Gasteiger partial charge on any atom is 0.168 e. The number of rotatable bonds is 4. The first kappa shape index (κ1) is 13.8. The van der Waals surface area contributed by atoms with Gasteiger partial charge in [-0.15, -0.1) is 11.3 Å². The molecule has 3 rings (SSSR count). The highest BCUT2D eigenvalue weighted by atomic mass is 32.1. The summed E-state index contributed by atoms with van der Waals surface area (Å²) in [6.07, 6.45) is -0.103. The van der Waals surface area contributed by atoms with E-state index in [0.29, 0.717) is 6.61 Å². The third-order valence-electron chi connectivity index (χ3n) is 3.26. The first-order valence-corrected chi connectivity index (χ1v) is 7.67. The molecule has 1 unspecified atom stereocenters. The van der Waals surface area contributed by atoms with Crippen molar-refractivity contribution in [3.63, 3.8) is 0 Å². The molecule has 0 N–H and O–H groups in total. The van der Waals surface area contributed by atoms with Gasteiger partial charge in [-0.3, -0.25) is 4.84 Å². The first-order valence-electron chi connectivity index (χ1n) is 6.79. The summed E-state index contributed by atoms with van der Waals surface area (Å²) >= 11 is 1.70. The van der Waals surface area contributed by atoms with E-state index >= 15 is 0 Å². The van der Waals surface area contributed by atoms with Crippen LogP contribution in [0.3, 0.4) is 0 Å². The first-order chi connectivity index (χ1) is 9.64. The number of nitrogens with zero attached hydrogens (tertiary/aromatic N) is 1. The Balaban J connectivity index is 1.70. The minimum atomic E-state index is -0.189. The van der Waals surface area contributed by atoms with Gasteiger partial charge in [0.2, 0.25) is 0 Å². The Morgan fingerprint density at radius 1 is 1.25 bits per heavy atom. The second-order valence-electron chi connectivity index (χ2n) is 5.58. The zero-order chi connectivity index (χ0) is 14.0. The number of hydroxylamine groups is 2. The second-order valence-corrected chi connectivity index (χ2v) is 6.56. The molecule has 0 saturated carbocycles. The Kier molecular flexibility index (Phi) is 3.89. The smallest absolute Gasteiger partial charge is 0.168 e. The molecule has 1 saturated heterocycles. The highest BCUT2D eigenvalue weighted by Crippen LogP contribution is 2.38. The molecule has 2 heterocycles. The monoisotopic (exact) mass is 289 g/mol. The van der Waals surface area contributed by atoms with E-state index in [9.17, 15) is 0 Å². The molecular formula is C16H19NO2S. The molecule has 1 atom stereocenters. The molecule has 0 aliphatic carbocycles. The van der Waals surface area contributed by atoms with Crippen LogP contribution in [0, 0.1) is 0 Å². The summed E-state index contributed by atoms with van der Waals surface area (Å²) in [5, 5.41) is 4.03. The molecule has 0 bridgehead atoms. The molecule has 4 heteroatoms. The Morgan fingerprint density at radius 3 is 2.75 bits per heavy atom. The third kappa shape index (κ3) is 3.10. The topological polar surface area (TPSA) is 21.7 Å². The highest BCUT2D eigenvalue weighted by molar-refractivity contribution is 7.10. The van der Waals surface area contributed by atoms with Crippen molar-refractivity contribution in [3.05, 3.63) is 58.3 Å². The van der Waals surface area contributed by atoms with E-state index in [1.165, 1.54) is 10.4 Å². The Hall–Kier alpha value is -1.20. The van der Waals surface area contributed by atoms with Crippen LogP contribution in [0.25, 0.3) is 0 Å². The fraction of sp³-hybridized carbons (Fsp3) is 0.375. The van der Waals surface area contributed by atoms with Crippen LogP contribution in [0.5, 0.6) is 0 Å². The van der Waals surface area contributed by atoms with E-state index in [2.05, 4.69) is 37.4 Å². The van der Waals surface area contributed by atoms with E-state index in [1.54, 1.807) is 11.3 Å². The van der Waals surface area contributed by atoms with Gasteiger partial charge in [0.05, 0.1) is 23.6 Å². The standard InChI is InChI=1S/C16H19NO2S/c1-16(2)12-17(15(19-16)14-9-6-10-20-14)18-11-13-7-4-3-5-8-13/h3-10,15H,11-12H2,1-2H3. The summed E-state index contributed by atoms with van der Waals surface area (Å²) < 4.78 is 6.11. The molecule has 0 amide bonds. The van der Waals surface area contributed by atoms with Gasteiger partial charge in [0, 0.05) is 0 Å². The van der Waals surface area contributed by atoms with Crippen molar-refractivity contribution in [2.45, 2.75) is 32.3 Å². The van der Waals surface area contributed by atoms with E-state index in [-0.39, 0.29) is 11.8 Å². The Bertz CT molecular complexity index is 539. The predicted octanol–water partition coefficient (Wildman–Crippen LogP) is 3.99. The minimum Gasteiger partial charge on any atom is -0.349 e. The summed E-state index contributed by atoms with van der Waals surface area (Å²) in [5.74, 6) is 0. The predicted molar refractivity (Wildman–Crippen MR) is 80.2 cm³/mol. The second kappa shape index (κ2) is 5.66. The highest BCUT2D eigenvalue weighted by Gasteiger charge is 2.40. The number of benzene rings is 1. The van der Waals surface area contributed by atoms with Crippen molar-refractivity contribution < 1.29 is 9.57 Å². The van der Waals surface area contributed by atoms with Crippen LogP contribution >= 0.6 is 11.3 Å². The largest absolute Gasteiger partial charge is 0.349 e. The zero-order valence-electron chi connectivity index (χ0n) is 11.8. The molecule has 1 aromatic carbocycles. The van der Waals surface area contributed by atoms with Crippen molar-refractivity contribution in [2.24, 2.45) is 0 Å². The number of ether oxygens (including phenoxy) is 1. The number of hydrogen-bond donors (Lipinski definition) is 0. The van der Waals surface area contributed by atoms with Crippen LogP contribution in [0.4, 0.5) is 0 Å². The minimum absolute atomic E-state index is 0.103. The molecule has 3 nitrogen and oxygen atoms in total. The molecule has 1 aliphatic heterocycles. The number of thiophene rings is 1. The van der Waals surface area contributed by atoms with Gasteiger partial charge in [0.15, 0.2) is 6.23 Å². The lowest BCUT2D eigenvalue weighted by molar-refractivity contribution is -0.216. The number of hydrogen-bond acceptors (Lipinski definition) is 4. The van der Waals surface area contributed by atoms with E-state index in [4.69, 9.17) is 9.57 Å². The van der Waals surface area contributed by atoms with Gasteiger partial charge in [0.25, 0.3) is 0 Å². The maximum atomic E-state index is 6.11. The van der Waals surface area contributed by atoms with Gasteiger partial charge in [-0.2, -0.15) is 5.06 Å². The van der Waals surface area contributed by atoms with E-state index < -0.39 is 0 Å². The maximum absolute atomic E-state index is 6.11. The van der Waals surface area contributed by atoms with Crippen LogP contribution in [-0.2, 0) is 16.2 Å². The van der Waals surface area contributed by atoms with Crippen molar-refractivity contribution in [3.8, 4) is 0 Å². The van der Waals surface area contributed by atoms with Crippen molar-refractivity contribution >= 4 is 11.3 Å². The molecule has 106 valence electrons. The van der Waals surface area contributed by atoms with Gasteiger partial charge < -0.3 is 4.74 Å². The van der Waals surface area contributed by atoms with Crippen molar-refractivity contribution in [1.82, 2.24) is 5.06 Å². The lowest BCUT2D eigenvalue weighted by Gasteiger charge is -2.21. The fourth-order valence-corrected chi connectivity index (χ4v) is 3.09. The van der Waals surface area contributed by atoms with Gasteiger partial charge in [-0.1, -0.05) is 36.4 Å². The molecule has 1 aliphatic rings. The lowest BCUT2D eigenvalue weighted by atomic mass is 10.1. The van der Waals surface area contributed by atoms with Gasteiger partial charge in [-0.05, 0) is 30.9 Å². The fourth-order valence-electron chi connectivity index (χ4n) is 2.33.